The zero-order chi connectivity index (χ0) is 30.7. The van der Waals surface area contributed by atoms with Crippen LogP contribution in [0.3, 0.4) is 0 Å². The van der Waals surface area contributed by atoms with Crippen LogP contribution in [-0.4, -0.2) is 35.2 Å². The average Bonchev–Trinajstić information content (AvgIpc) is 3.35. The SMILES string of the molecule is COc1ccc(-c2[nH]nc(SCC(=O)N/N=C/c3cc(C(C)(C)C)c([O-])c(C(C)(C)C)c3)[n+]2-c2ccc(C)cc2)cc1. The third kappa shape index (κ3) is 7.20. The topological polar surface area (TPSA) is 106 Å². The molecule has 1 amide bonds. The maximum absolute atomic E-state index is 13.2. The summed E-state index contributed by atoms with van der Waals surface area (Å²) in [5, 5.41) is 25.7. The van der Waals surface area contributed by atoms with E-state index >= 15 is 0 Å². The van der Waals surface area contributed by atoms with Crippen molar-refractivity contribution in [3.05, 3.63) is 82.9 Å². The molecular weight excluding hydrogens is 546 g/mol. The second-order valence-corrected chi connectivity index (χ2v) is 13.2. The Bertz CT molecular complexity index is 1540. The molecule has 9 heteroatoms. The van der Waals surface area contributed by atoms with Gasteiger partial charge in [-0.2, -0.15) is 9.67 Å². The number of hydrazone groups is 1. The van der Waals surface area contributed by atoms with Gasteiger partial charge in [-0.1, -0.05) is 71.4 Å². The maximum atomic E-state index is 13.2. The third-order valence-electron chi connectivity index (χ3n) is 6.79. The number of hydrogen-bond donors (Lipinski definition) is 2. The number of hydrogen-bond acceptors (Lipinski definition) is 6. The van der Waals surface area contributed by atoms with Gasteiger partial charge < -0.3 is 9.84 Å². The second-order valence-electron chi connectivity index (χ2n) is 12.3. The molecule has 0 bridgehead atoms. The van der Waals surface area contributed by atoms with Crippen LogP contribution in [0.5, 0.6) is 11.5 Å². The lowest BCUT2D eigenvalue weighted by atomic mass is 9.78. The lowest BCUT2D eigenvalue weighted by molar-refractivity contribution is -0.625. The van der Waals surface area contributed by atoms with Gasteiger partial charge in [0.05, 0.1) is 29.7 Å². The first-order valence-corrected chi connectivity index (χ1v) is 14.8. The minimum Gasteiger partial charge on any atom is -0.872 e. The highest BCUT2D eigenvalue weighted by molar-refractivity contribution is 7.99. The highest BCUT2D eigenvalue weighted by atomic mass is 32.2. The molecule has 0 aliphatic carbocycles. The first kappa shape index (κ1) is 30.8. The van der Waals surface area contributed by atoms with Crippen molar-refractivity contribution in [1.82, 2.24) is 15.6 Å². The van der Waals surface area contributed by atoms with Crippen molar-refractivity contribution >= 4 is 23.9 Å². The van der Waals surface area contributed by atoms with Gasteiger partial charge in [0.15, 0.2) is 0 Å². The number of H-pyrrole nitrogens is 1. The highest BCUT2D eigenvalue weighted by Gasteiger charge is 2.25. The number of amides is 1. The van der Waals surface area contributed by atoms with Crippen LogP contribution in [0.25, 0.3) is 17.1 Å². The number of nitrogens with zero attached hydrogens (tertiary/aromatic N) is 3. The number of ether oxygens (including phenoxy) is 1. The molecule has 0 saturated carbocycles. The van der Waals surface area contributed by atoms with Crippen LogP contribution < -0.4 is 19.8 Å². The molecule has 0 aliphatic heterocycles. The van der Waals surface area contributed by atoms with Crippen LogP contribution in [-0.2, 0) is 15.6 Å². The van der Waals surface area contributed by atoms with Crippen LogP contribution in [0, 0.1) is 6.92 Å². The first-order chi connectivity index (χ1) is 19.8. The Morgan fingerprint density at radius 3 is 2.17 bits per heavy atom. The third-order valence-corrected chi connectivity index (χ3v) is 7.73. The summed E-state index contributed by atoms with van der Waals surface area (Å²) >= 11 is 1.31. The number of methoxy groups -OCH3 is 1. The summed E-state index contributed by atoms with van der Waals surface area (Å²) in [6, 6.07) is 19.6. The summed E-state index contributed by atoms with van der Waals surface area (Å²) in [4.78, 5) is 12.8. The van der Waals surface area contributed by atoms with Gasteiger partial charge in [-0.15, -0.1) is 10.8 Å². The van der Waals surface area contributed by atoms with Gasteiger partial charge in [-0.05, 0) is 82.6 Å². The van der Waals surface area contributed by atoms with E-state index in [9.17, 15) is 9.90 Å². The van der Waals surface area contributed by atoms with E-state index in [0.717, 1.165) is 45.1 Å². The molecule has 0 unspecified atom stereocenters. The molecule has 0 spiro atoms. The van der Waals surface area contributed by atoms with Crippen molar-refractivity contribution in [2.24, 2.45) is 5.10 Å². The number of aromatic nitrogens is 3. The zero-order valence-corrected chi connectivity index (χ0v) is 26.3. The van der Waals surface area contributed by atoms with E-state index in [-0.39, 0.29) is 28.2 Å². The van der Waals surface area contributed by atoms with Gasteiger partial charge in [0.25, 0.3) is 11.7 Å². The van der Waals surface area contributed by atoms with E-state index < -0.39 is 0 Å². The van der Waals surface area contributed by atoms with E-state index in [0.29, 0.717) is 5.16 Å². The Kier molecular flexibility index (Phi) is 9.11. The maximum Gasteiger partial charge on any atom is 0.342 e. The van der Waals surface area contributed by atoms with Crippen molar-refractivity contribution in [2.75, 3.05) is 12.9 Å². The fraction of sp³-hybridized carbons (Fsp3) is 0.333. The molecule has 8 nitrogen and oxygen atoms in total. The van der Waals surface area contributed by atoms with Crippen LogP contribution in [0.2, 0.25) is 0 Å². The molecule has 0 saturated heterocycles. The van der Waals surface area contributed by atoms with E-state index in [1.54, 1.807) is 13.3 Å². The van der Waals surface area contributed by atoms with Crippen molar-refractivity contribution in [3.8, 4) is 28.6 Å². The largest absolute Gasteiger partial charge is 0.872 e. The number of aromatic amines is 1. The minimum absolute atomic E-state index is 0.0579. The highest BCUT2D eigenvalue weighted by Crippen LogP contribution is 2.37. The van der Waals surface area contributed by atoms with Crippen LogP contribution >= 0.6 is 11.8 Å². The summed E-state index contributed by atoms with van der Waals surface area (Å²) in [6.07, 6.45) is 1.59. The van der Waals surface area contributed by atoms with Crippen molar-refractivity contribution in [1.29, 1.82) is 0 Å². The van der Waals surface area contributed by atoms with Crippen LogP contribution in [0.1, 0.15) is 63.8 Å². The van der Waals surface area contributed by atoms with Gasteiger partial charge in [0, 0.05) is 0 Å². The monoisotopic (exact) mass is 585 g/mol. The predicted molar refractivity (Wildman–Crippen MR) is 167 cm³/mol. The van der Waals surface area contributed by atoms with Gasteiger partial charge in [-0.3, -0.25) is 4.79 Å². The Balaban J connectivity index is 1.53. The minimum atomic E-state index is -0.318. The smallest absolute Gasteiger partial charge is 0.342 e. The normalized spacial score (nSPS) is 12.1. The van der Waals surface area contributed by atoms with Crippen molar-refractivity contribution in [2.45, 2.75) is 64.5 Å². The summed E-state index contributed by atoms with van der Waals surface area (Å²) in [7, 11) is 1.63. The number of nitrogens with one attached hydrogen (secondary N) is 2. The fourth-order valence-electron chi connectivity index (χ4n) is 4.45. The molecule has 0 radical (unpaired) electrons. The summed E-state index contributed by atoms with van der Waals surface area (Å²) < 4.78 is 7.30. The molecule has 0 fully saturated rings. The molecule has 1 heterocycles. The van der Waals surface area contributed by atoms with Gasteiger partial charge in [0.1, 0.15) is 11.4 Å². The number of thioether (sulfide) groups is 1. The molecular formula is C33H39N5O3S. The predicted octanol–water partition coefficient (Wildman–Crippen LogP) is 5.58. The summed E-state index contributed by atoms with van der Waals surface area (Å²) in [5.74, 6) is 1.44. The van der Waals surface area contributed by atoms with E-state index in [2.05, 4.69) is 20.7 Å². The van der Waals surface area contributed by atoms with E-state index in [1.165, 1.54) is 11.8 Å². The molecule has 220 valence electrons. The standard InChI is InChI=1S/C33H39N5O3S/c1-21-9-13-24(14-10-21)38-30(23-11-15-25(41-8)16-12-23)36-37-31(38)42-20-28(39)35-34-19-22-17-26(32(2,3)4)29(40)27(18-22)33(5,6)7/h9-19H,20H2,1-8H3,(H2,34,35,39,40). The number of aryl methyl sites for hydroxylation is 1. The summed E-state index contributed by atoms with van der Waals surface area (Å²) in [6.45, 7) is 14.2. The van der Waals surface area contributed by atoms with Crippen LogP contribution in [0.15, 0.2) is 70.9 Å². The number of carbonyl (C=O) groups excluding carboxylic acids is 1. The Morgan fingerprint density at radius 2 is 1.62 bits per heavy atom. The van der Waals surface area contributed by atoms with Gasteiger partial charge >= 0.3 is 5.16 Å². The molecule has 4 aromatic rings. The quantitative estimate of drug-likeness (QED) is 0.122. The molecule has 3 aromatic carbocycles. The fourth-order valence-corrected chi connectivity index (χ4v) is 5.21. The lowest BCUT2D eigenvalue weighted by Gasteiger charge is -2.33. The Morgan fingerprint density at radius 1 is 1.02 bits per heavy atom. The van der Waals surface area contributed by atoms with E-state index in [1.807, 2.05) is 114 Å². The molecule has 2 N–H and O–H groups in total. The summed E-state index contributed by atoms with van der Waals surface area (Å²) in [5.41, 5.74) is 7.21. The zero-order valence-electron chi connectivity index (χ0n) is 25.5. The Hall–Kier alpha value is -4.11. The van der Waals surface area contributed by atoms with Crippen LogP contribution in [0.4, 0.5) is 0 Å². The number of rotatable bonds is 8. The molecule has 0 atom stereocenters. The average molecular weight is 586 g/mol. The molecule has 1 aromatic heterocycles. The van der Waals surface area contributed by atoms with Gasteiger partial charge in [0.2, 0.25) is 0 Å². The Labute approximate surface area is 252 Å². The molecule has 0 aliphatic rings. The molecule has 4 rings (SSSR count). The second kappa shape index (κ2) is 12.4. The van der Waals surface area contributed by atoms with E-state index in [4.69, 9.17) is 4.74 Å². The van der Waals surface area contributed by atoms with Crippen molar-refractivity contribution < 1.29 is 19.2 Å². The number of carbonyl (C=O) groups is 1. The lowest BCUT2D eigenvalue weighted by Crippen LogP contribution is -2.34. The molecule has 42 heavy (non-hydrogen) atoms. The first-order valence-electron chi connectivity index (χ1n) is 13.8. The number of benzene rings is 3. The van der Waals surface area contributed by atoms with Gasteiger partial charge in [-0.25, -0.2) is 5.43 Å². The van der Waals surface area contributed by atoms with Crippen molar-refractivity contribution in [3.63, 3.8) is 0 Å².